The van der Waals surface area contributed by atoms with E-state index in [0.29, 0.717) is 11.1 Å². The van der Waals surface area contributed by atoms with Gasteiger partial charge in [0.2, 0.25) is 0 Å². The molecule has 1 amide bonds. The Bertz CT molecular complexity index is 495. The number of hydrogen-bond donors (Lipinski definition) is 0. The molecule has 1 fully saturated rings. The van der Waals surface area contributed by atoms with E-state index in [1.807, 2.05) is 0 Å². The van der Waals surface area contributed by atoms with Crippen LogP contribution in [0.1, 0.15) is 11.6 Å². The van der Waals surface area contributed by atoms with Gasteiger partial charge in [-0.25, -0.2) is 8.78 Å². The molecule has 1 heterocycles. The van der Waals surface area contributed by atoms with Crippen molar-refractivity contribution in [2.75, 3.05) is 6.61 Å². The van der Waals surface area contributed by atoms with Crippen LogP contribution in [0.2, 0.25) is 0 Å². The van der Waals surface area contributed by atoms with Gasteiger partial charge in [0.1, 0.15) is 18.2 Å². The topological polar surface area (TPSA) is 78.3 Å². The van der Waals surface area contributed by atoms with Crippen molar-refractivity contribution in [2.24, 2.45) is 5.22 Å². The molecule has 1 atom stereocenters. The van der Waals surface area contributed by atoms with Crippen molar-refractivity contribution < 1.29 is 18.3 Å². The van der Waals surface area contributed by atoms with Crippen molar-refractivity contribution in [3.8, 4) is 0 Å². The third-order valence-corrected chi connectivity index (χ3v) is 2.25. The molecule has 17 heavy (non-hydrogen) atoms. The van der Waals surface area contributed by atoms with Gasteiger partial charge >= 0.3 is 6.09 Å². The average molecular weight is 240 g/mol. The summed E-state index contributed by atoms with van der Waals surface area (Å²) in [6.07, 6.45) is -0.850. The van der Waals surface area contributed by atoms with Crippen LogP contribution >= 0.6 is 0 Å². The lowest BCUT2D eigenvalue weighted by molar-refractivity contribution is 0.158. The molecular formula is C9H6F2N4O2. The summed E-state index contributed by atoms with van der Waals surface area (Å²) in [6, 6.07) is 1.99. The maximum Gasteiger partial charge on any atom is 0.511 e. The summed E-state index contributed by atoms with van der Waals surface area (Å²) in [5, 5.41) is 3.82. The third kappa shape index (κ3) is 2.11. The molecule has 0 spiro atoms. The minimum atomic E-state index is -0.850. The largest absolute Gasteiger partial charge is 0.511 e. The van der Waals surface area contributed by atoms with Gasteiger partial charge in [-0.1, -0.05) is 0 Å². The number of hydrogen-bond acceptors (Lipinski definition) is 3. The van der Waals surface area contributed by atoms with E-state index in [0.717, 1.165) is 12.1 Å². The molecule has 0 N–H and O–H groups in total. The predicted octanol–water partition coefficient (Wildman–Crippen LogP) is 2.68. The van der Waals surface area contributed by atoms with Crippen LogP contribution in [-0.2, 0) is 4.74 Å². The molecule has 0 aromatic heterocycles. The van der Waals surface area contributed by atoms with Crippen molar-refractivity contribution in [3.05, 3.63) is 45.8 Å². The molecule has 1 aliphatic heterocycles. The summed E-state index contributed by atoms with van der Waals surface area (Å²) >= 11 is 0. The lowest BCUT2D eigenvalue weighted by Crippen LogP contribution is -2.21. The highest BCUT2D eigenvalue weighted by Gasteiger charge is 2.39. The fourth-order valence-corrected chi connectivity index (χ4v) is 1.56. The lowest BCUT2D eigenvalue weighted by Gasteiger charge is -2.11. The number of cyclic esters (lactones) is 1. The molecular weight excluding hydrogens is 234 g/mol. The Balaban J connectivity index is 2.38. The van der Waals surface area contributed by atoms with Gasteiger partial charge in [-0.05, 0) is 17.4 Å². The standard InChI is InChI=1S/C9H6F2N4O2/c10-6-1-5(2-7(11)3-6)8-4-17-9(16)15(8)14-13-12/h1-3,8H,4H2. The Morgan fingerprint density at radius 1 is 1.41 bits per heavy atom. The molecule has 1 saturated heterocycles. The second-order valence-electron chi connectivity index (χ2n) is 3.32. The molecule has 0 saturated carbocycles. The van der Waals surface area contributed by atoms with Crippen LogP contribution in [0, 0.1) is 11.6 Å². The van der Waals surface area contributed by atoms with Crippen LogP contribution < -0.4 is 0 Å². The van der Waals surface area contributed by atoms with Gasteiger partial charge in [-0.15, -0.1) is 10.5 Å². The number of ether oxygens (including phenoxy) is 1. The van der Waals surface area contributed by atoms with Crippen LogP contribution in [-0.4, -0.2) is 17.7 Å². The van der Waals surface area contributed by atoms with Gasteiger partial charge in [-0.2, -0.15) is 9.71 Å². The summed E-state index contributed by atoms with van der Waals surface area (Å²) in [6.45, 7) is -0.124. The highest BCUT2D eigenvalue weighted by Crippen LogP contribution is 2.28. The fourth-order valence-electron chi connectivity index (χ4n) is 1.56. The zero-order chi connectivity index (χ0) is 12.4. The zero-order valence-corrected chi connectivity index (χ0v) is 8.38. The quantitative estimate of drug-likeness (QED) is 0.452. The van der Waals surface area contributed by atoms with Crippen LogP contribution in [0.5, 0.6) is 0 Å². The highest BCUT2D eigenvalue weighted by molar-refractivity contribution is 5.70. The maximum absolute atomic E-state index is 13.0. The normalized spacial score (nSPS) is 18.8. The lowest BCUT2D eigenvalue weighted by atomic mass is 10.1. The highest BCUT2D eigenvalue weighted by atomic mass is 19.1. The number of nitrogens with zero attached hydrogens (tertiary/aromatic N) is 4. The van der Waals surface area contributed by atoms with E-state index in [1.54, 1.807) is 0 Å². The third-order valence-electron chi connectivity index (χ3n) is 2.25. The molecule has 1 unspecified atom stereocenters. The number of benzene rings is 1. The van der Waals surface area contributed by atoms with Crippen LogP contribution in [0.3, 0.4) is 0 Å². The van der Waals surface area contributed by atoms with E-state index in [9.17, 15) is 13.6 Å². The number of amides is 1. The van der Waals surface area contributed by atoms with Gasteiger partial charge in [-0.3, -0.25) is 0 Å². The minimum absolute atomic E-state index is 0.124. The summed E-state index contributed by atoms with van der Waals surface area (Å²) in [5.41, 5.74) is 8.45. The summed E-state index contributed by atoms with van der Waals surface area (Å²) in [7, 11) is 0. The number of carbonyl (C=O) groups excluding carboxylic acids is 1. The summed E-state index contributed by atoms with van der Waals surface area (Å²) in [4.78, 5) is 13.6. The van der Waals surface area contributed by atoms with E-state index in [1.165, 1.54) is 0 Å². The van der Waals surface area contributed by atoms with Crippen molar-refractivity contribution in [2.45, 2.75) is 6.04 Å². The monoisotopic (exact) mass is 240 g/mol. The molecule has 0 radical (unpaired) electrons. The van der Waals surface area contributed by atoms with Gasteiger partial charge in [0.05, 0.1) is 0 Å². The van der Waals surface area contributed by atoms with Crippen LogP contribution in [0.4, 0.5) is 13.6 Å². The van der Waals surface area contributed by atoms with Crippen molar-refractivity contribution in [3.63, 3.8) is 0 Å². The minimum Gasteiger partial charge on any atom is -0.426 e. The Kier molecular flexibility index (Phi) is 2.80. The van der Waals surface area contributed by atoms with E-state index in [2.05, 4.69) is 14.9 Å². The Hall–Kier alpha value is -2.34. The number of azide groups is 1. The zero-order valence-electron chi connectivity index (χ0n) is 8.38. The number of carbonyl (C=O) groups is 1. The van der Waals surface area contributed by atoms with Crippen LogP contribution in [0.15, 0.2) is 23.4 Å². The number of rotatable bonds is 2. The first kappa shape index (κ1) is 11.2. The Labute approximate surface area is 94.0 Å². The van der Waals surface area contributed by atoms with Crippen molar-refractivity contribution in [1.29, 1.82) is 0 Å². The SMILES string of the molecule is [N-]=[N+]=NN1C(=O)OCC1c1cc(F)cc(F)c1. The van der Waals surface area contributed by atoms with Crippen LogP contribution in [0.25, 0.3) is 10.4 Å². The van der Waals surface area contributed by atoms with Crippen molar-refractivity contribution in [1.82, 2.24) is 5.01 Å². The molecule has 88 valence electrons. The average Bonchev–Trinajstić information content (AvgIpc) is 2.60. The fraction of sp³-hybridized carbons (Fsp3) is 0.222. The van der Waals surface area contributed by atoms with Gasteiger partial charge < -0.3 is 4.74 Å². The van der Waals surface area contributed by atoms with Gasteiger partial charge in [0, 0.05) is 11.6 Å². The first-order valence-corrected chi connectivity index (χ1v) is 4.59. The Morgan fingerprint density at radius 3 is 2.65 bits per heavy atom. The van der Waals surface area contributed by atoms with Gasteiger partial charge in [0.25, 0.3) is 0 Å². The molecule has 1 aromatic rings. The van der Waals surface area contributed by atoms with E-state index in [4.69, 9.17) is 5.53 Å². The molecule has 8 heteroatoms. The second kappa shape index (κ2) is 4.26. The summed E-state index contributed by atoms with van der Waals surface area (Å²) in [5.74, 6) is -1.56. The second-order valence-corrected chi connectivity index (χ2v) is 3.32. The number of halogens is 2. The summed E-state index contributed by atoms with van der Waals surface area (Å²) < 4.78 is 30.6. The molecule has 6 nitrogen and oxygen atoms in total. The first-order chi connectivity index (χ1) is 8.11. The van der Waals surface area contributed by atoms with Gasteiger partial charge in [0.15, 0.2) is 6.04 Å². The molecule has 0 aliphatic carbocycles. The Morgan fingerprint density at radius 2 is 2.06 bits per heavy atom. The predicted molar refractivity (Wildman–Crippen MR) is 51.4 cm³/mol. The van der Waals surface area contributed by atoms with E-state index >= 15 is 0 Å². The maximum atomic E-state index is 13.0. The van der Waals surface area contributed by atoms with E-state index in [-0.39, 0.29) is 12.2 Å². The molecule has 2 rings (SSSR count). The smallest absolute Gasteiger partial charge is 0.426 e. The molecule has 1 aliphatic rings. The van der Waals surface area contributed by atoms with Crippen molar-refractivity contribution >= 4 is 6.09 Å². The molecule has 1 aromatic carbocycles. The first-order valence-electron chi connectivity index (χ1n) is 4.59. The van der Waals surface area contributed by atoms with E-state index < -0.39 is 23.8 Å². The molecule has 0 bridgehead atoms.